The lowest BCUT2D eigenvalue weighted by molar-refractivity contribution is -0.140. The highest BCUT2D eigenvalue weighted by Gasteiger charge is 2.01. The van der Waals surface area contributed by atoms with E-state index in [1.165, 1.54) is 7.11 Å². The van der Waals surface area contributed by atoms with E-state index < -0.39 is 0 Å². The number of nitrogens with one attached hydrogen (secondary N) is 1. The number of carbonyl (C=O) groups excluding carboxylic acids is 1. The Kier molecular flexibility index (Phi) is 4.03. The number of methoxy groups -OCH3 is 1. The van der Waals surface area contributed by atoms with Gasteiger partial charge in [-0.15, -0.1) is 0 Å². The van der Waals surface area contributed by atoms with E-state index in [4.69, 9.17) is 0 Å². The molecule has 0 aliphatic carbocycles. The van der Waals surface area contributed by atoms with Gasteiger partial charge in [0.25, 0.3) is 0 Å². The third-order valence-electron chi connectivity index (χ3n) is 1.82. The van der Waals surface area contributed by atoms with Crippen molar-refractivity contribution in [1.82, 2.24) is 9.97 Å². The molecular formula is C10H15N3O2. The number of anilines is 1. The molecule has 0 unspecified atom stereocenters. The van der Waals surface area contributed by atoms with E-state index in [-0.39, 0.29) is 5.97 Å². The maximum atomic E-state index is 10.8. The van der Waals surface area contributed by atoms with Crippen LogP contribution in [0.15, 0.2) is 6.07 Å². The summed E-state index contributed by atoms with van der Waals surface area (Å²) in [5, 5.41) is 2.97. The molecule has 0 aliphatic rings. The van der Waals surface area contributed by atoms with Gasteiger partial charge < -0.3 is 10.1 Å². The van der Waals surface area contributed by atoms with E-state index in [9.17, 15) is 4.79 Å². The number of esters is 1. The summed E-state index contributed by atoms with van der Waals surface area (Å²) in [4.78, 5) is 19.2. The lowest BCUT2D eigenvalue weighted by Crippen LogP contribution is -2.12. The average molecular weight is 209 g/mol. The topological polar surface area (TPSA) is 64.1 Å². The molecule has 1 aromatic heterocycles. The summed E-state index contributed by atoms with van der Waals surface area (Å²) >= 11 is 0. The van der Waals surface area contributed by atoms with Crippen LogP contribution < -0.4 is 5.32 Å². The zero-order valence-electron chi connectivity index (χ0n) is 9.20. The predicted molar refractivity (Wildman–Crippen MR) is 56.6 cm³/mol. The third kappa shape index (κ3) is 3.93. The minimum absolute atomic E-state index is 0.244. The van der Waals surface area contributed by atoms with Gasteiger partial charge in [-0.3, -0.25) is 4.79 Å². The Morgan fingerprint density at radius 2 is 2.00 bits per heavy atom. The first-order valence-electron chi connectivity index (χ1n) is 4.75. The number of aromatic nitrogens is 2. The van der Waals surface area contributed by atoms with Crippen molar-refractivity contribution >= 4 is 11.9 Å². The highest BCUT2D eigenvalue weighted by atomic mass is 16.5. The second kappa shape index (κ2) is 5.29. The molecule has 1 rings (SSSR count). The van der Waals surface area contributed by atoms with E-state index in [1.807, 2.05) is 19.9 Å². The fraction of sp³-hybridized carbons (Fsp3) is 0.500. The Balaban J connectivity index is 2.47. The van der Waals surface area contributed by atoms with Crippen LogP contribution in [0.3, 0.4) is 0 Å². The van der Waals surface area contributed by atoms with Crippen molar-refractivity contribution in [3.05, 3.63) is 17.5 Å². The van der Waals surface area contributed by atoms with Crippen LogP contribution in [0.1, 0.15) is 17.8 Å². The minimum Gasteiger partial charge on any atom is -0.469 e. The van der Waals surface area contributed by atoms with Crippen LogP contribution in [0.2, 0.25) is 0 Å². The van der Waals surface area contributed by atoms with E-state index in [0.29, 0.717) is 18.9 Å². The molecule has 0 amide bonds. The first kappa shape index (κ1) is 11.4. The smallest absolute Gasteiger partial charge is 0.307 e. The average Bonchev–Trinajstić information content (AvgIpc) is 2.16. The van der Waals surface area contributed by atoms with E-state index >= 15 is 0 Å². The first-order valence-corrected chi connectivity index (χ1v) is 4.75. The zero-order valence-corrected chi connectivity index (χ0v) is 9.20. The number of hydrogen-bond acceptors (Lipinski definition) is 5. The number of carbonyl (C=O) groups is 1. The maximum Gasteiger partial charge on any atom is 0.307 e. The molecule has 1 heterocycles. The first-order chi connectivity index (χ1) is 7.11. The van der Waals surface area contributed by atoms with E-state index in [0.717, 1.165) is 11.4 Å². The predicted octanol–water partition coefficient (Wildman–Crippen LogP) is 1.07. The van der Waals surface area contributed by atoms with Gasteiger partial charge in [0.2, 0.25) is 5.95 Å². The molecule has 0 bridgehead atoms. The van der Waals surface area contributed by atoms with Crippen LogP contribution in [0.5, 0.6) is 0 Å². The van der Waals surface area contributed by atoms with Gasteiger partial charge in [-0.2, -0.15) is 0 Å². The fourth-order valence-electron chi connectivity index (χ4n) is 1.18. The lowest BCUT2D eigenvalue weighted by Gasteiger charge is -2.05. The number of aryl methyl sites for hydroxylation is 2. The highest BCUT2D eigenvalue weighted by Crippen LogP contribution is 2.03. The second-order valence-electron chi connectivity index (χ2n) is 3.23. The molecule has 0 saturated heterocycles. The van der Waals surface area contributed by atoms with Crippen molar-refractivity contribution in [3.8, 4) is 0 Å². The minimum atomic E-state index is -0.244. The normalized spacial score (nSPS) is 9.80. The molecule has 1 aromatic rings. The Bertz CT molecular complexity index is 332. The standard InChI is InChI=1S/C10H15N3O2/c1-7-6-8(2)13-10(12-7)11-5-4-9(14)15-3/h6H,4-5H2,1-3H3,(H,11,12,13). The number of hydrogen-bond donors (Lipinski definition) is 1. The Labute approximate surface area is 88.9 Å². The van der Waals surface area contributed by atoms with Crippen LogP contribution in [0, 0.1) is 13.8 Å². The molecular weight excluding hydrogens is 194 g/mol. The molecule has 0 saturated carbocycles. The molecule has 5 nitrogen and oxygen atoms in total. The van der Waals surface area contributed by atoms with Gasteiger partial charge in [-0.25, -0.2) is 9.97 Å². The Hall–Kier alpha value is -1.65. The molecule has 82 valence electrons. The van der Waals surface area contributed by atoms with E-state index in [1.54, 1.807) is 0 Å². The molecule has 0 aliphatic heterocycles. The number of rotatable bonds is 4. The van der Waals surface area contributed by atoms with Crippen molar-refractivity contribution in [3.63, 3.8) is 0 Å². The SMILES string of the molecule is COC(=O)CCNc1nc(C)cc(C)n1. The highest BCUT2D eigenvalue weighted by molar-refractivity contribution is 5.69. The van der Waals surface area contributed by atoms with Gasteiger partial charge in [-0.05, 0) is 19.9 Å². The van der Waals surface area contributed by atoms with Gasteiger partial charge in [0.05, 0.1) is 13.5 Å². The van der Waals surface area contributed by atoms with Crippen LogP contribution in [-0.4, -0.2) is 29.6 Å². The van der Waals surface area contributed by atoms with Gasteiger partial charge in [0.1, 0.15) is 0 Å². The van der Waals surface area contributed by atoms with Crippen LogP contribution >= 0.6 is 0 Å². The summed E-state index contributed by atoms with van der Waals surface area (Å²) in [5.41, 5.74) is 1.81. The van der Waals surface area contributed by atoms with Crippen molar-refractivity contribution < 1.29 is 9.53 Å². The summed E-state index contributed by atoms with van der Waals surface area (Å²) in [5.74, 6) is 0.309. The molecule has 0 spiro atoms. The van der Waals surface area contributed by atoms with Crippen molar-refractivity contribution in [2.75, 3.05) is 19.0 Å². The summed E-state index contributed by atoms with van der Waals surface area (Å²) in [6, 6.07) is 1.89. The number of nitrogens with zero attached hydrogens (tertiary/aromatic N) is 2. The molecule has 1 N–H and O–H groups in total. The third-order valence-corrected chi connectivity index (χ3v) is 1.82. The van der Waals surface area contributed by atoms with Gasteiger partial charge in [0.15, 0.2) is 0 Å². The van der Waals surface area contributed by atoms with Crippen LogP contribution in [-0.2, 0) is 9.53 Å². The monoisotopic (exact) mass is 209 g/mol. The maximum absolute atomic E-state index is 10.8. The molecule has 15 heavy (non-hydrogen) atoms. The Morgan fingerprint density at radius 1 is 1.40 bits per heavy atom. The quantitative estimate of drug-likeness (QED) is 0.751. The van der Waals surface area contributed by atoms with Crippen molar-refractivity contribution in [1.29, 1.82) is 0 Å². The van der Waals surface area contributed by atoms with Gasteiger partial charge >= 0.3 is 5.97 Å². The van der Waals surface area contributed by atoms with E-state index in [2.05, 4.69) is 20.0 Å². The molecule has 0 radical (unpaired) electrons. The van der Waals surface area contributed by atoms with Gasteiger partial charge in [0, 0.05) is 17.9 Å². The lowest BCUT2D eigenvalue weighted by atomic mass is 10.3. The van der Waals surface area contributed by atoms with Gasteiger partial charge in [-0.1, -0.05) is 0 Å². The molecule has 0 atom stereocenters. The summed E-state index contributed by atoms with van der Waals surface area (Å²) in [7, 11) is 1.37. The second-order valence-corrected chi connectivity index (χ2v) is 3.23. The largest absolute Gasteiger partial charge is 0.469 e. The summed E-state index contributed by atoms with van der Waals surface area (Å²) in [6.45, 7) is 4.29. The fourth-order valence-corrected chi connectivity index (χ4v) is 1.18. The number of ether oxygens (including phenoxy) is 1. The molecule has 0 aromatic carbocycles. The van der Waals surface area contributed by atoms with Crippen LogP contribution in [0.4, 0.5) is 5.95 Å². The molecule has 5 heteroatoms. The zero-order chi connectivity index (χ0) is 11.3. The molecule has 0 fully saturated rings. The van der Waals surface area contributed by atoms with Crippen molar-refractivity contribution in [2.24, 2.45) is 0 Å². The summed E-state index contributed by atoms with van der Waals surface area (Å²) in [6.07, 6.45) is 0.312. The summed E-state index contributed by atoms with van der Waals surface area (Å²) < 4.78 is 4.52. The Morgan fingerprint density at radius 3 is 2.53 bits per heavy atom. The van der Waals surface area contributed by atoms with Crippen LogP contribution in [0.25, 0.3) is 0 Å². The van der Waals surface area contributed by atoms with Crippen molar-refractivity contribution in [2.45, 2.75) is 20.3 Å².